The van der Waals surface area contributed by atoms with Crippen molar-refractivity contribution in [3.63, 3.8) is 0 Å². The molecule has 2 rings (SSSR count). The van der Waals surface area contributed by atoms with Crippen molar-refractivity contribution in [1.82, 2.24) is 10.2 Å². The van der Waals surface area contributed by atoms with E-state index in [1.807, 2.05) is 0 Å². The van der Waals surface area contributed by atoms with Crippen LogP contribution < -0.4 is 5.01 Å². The van der Waals surface area contributed by atoms with Crippen LogP contribution in [0.1, 0.15) is 26.7 Å². The molecule has 1 amide bonds. The van der Waals surface area contributed by atoms with Crippen LogP contribution in [0.4, 0.5) is 5.82 Å². The lowest BCUT2D eigenvalue weighted by Crippen LogP contribution is -2.28. The second kappa shape index (κ2) is 6.62. The maximum atomic E-state index is 12.3. The van der Waals surface area contributed by atoms with E-state index >= 15 is 0 Å². The molecular weight excluding hydrogens is 296 g/mol. The zero-order valence-electron chi connectivity index (χ0n) is 11.7. The number of aromatic nitrogens is 2. The number of rotatable bonds is 5. The van der Waals surface area contributed by atoms with E-state index in [-0.39, 0.29) is 23.5 Å². The first-order valence-electron chi connectivity index (χ1n) is 6.57. The van der Waals surface area contributed by atoms with Crippen LogP contribution in [0.5, 0.6) is 0 Å². The van der Waals surface area contributed by atoms with Crippen molar-refractivity contribution in [1.29, 1.82) is 0 Å². The summed E-state index contributed by atoms with van der Waals surface area (Å²) in [7, 11) is 0. The minimum atomic E-state index is -0.438. The van der Waals surface area contributed by atoms with E-state index in [4.69, 9.17) is 16.3 Å². The van der Waals surface area contributed by atoms with Crippen LogP contribution in [0.25, 0.3) is 0 Å². The zero-order valence-corrected chi connectivity index (χ0v) is 12.5. The van der Waals surface area contributed by atoms with Gasteiger partial charge < -0.3 is 4.74 Å². The van der Waals surface area contributed by atoms with E-state index < -0.39 is 5.92 Å². The number of carbonyl (C=O) groups is 2. The molecular formula is C13H15ClN4O3. The van der Waals surface area contributed by atoms with Crippen molar-refractivity contribution < 1.29 is 14.3 Å². The third kappa shape index (κ3) is 3.55. The molecule has 1 unspecified atom stereocenters. The Morgan fingerprint density at radius 2 is 2.19 bits per heavy atom. The molecule has 0 fully saturated rings. The van der Waals surface area contributed by atoms with Crippen LogP contribution in [-0.4, -0.2) is 34.4 Å². The normalized spacial score (nSPS) is 17.9. The summed E-state index contributed by atoms with van der Waals surface area (Å²) in [5.41, 5.74) is 0.640. The van der Waals surface area contributed by atoms with Gasteiger partial charge in [-0.15, -0.1) is 10.2 Å². The Labute approximate surface area is 126 Å². The number of halogens is 1. The minimum absolute atomic E-state index is 0.178. The molecule has 1 aromatic rings. The summed E-state index contributed by atoms with van der Waals surface area (Å²) < 4.78 is 4.86. The van der Waals surface area contributed by atoms with Crippen molar-refractivity contribution in [3.05, 3.63) is 17.3 Å². The van der Waals surface area contributed by atoms with Crippen LogP contribution in [-0.2, 0) is 14.3 Å². The molecule has 2 heterocycles. The zero-order chi connectivity index (χ0) is 15.4. The summed E-state index contributed by atoms with van der Waals surface area (Å²) >= 11 is 5.66. The van der Waals surface area contributed by atoms with Gasteiger partial charge in [-0.25, -0.2) is 0 Å². The molecule has 21 heavy (non-hydrogen) atoms. The van der Waals surface area contributed by atoms with Crippen molar-refractivity contribution in [2.75, 3.05) is 11.6 Å². The molecule has 112 valence electrons. The highest BCUT2D eigenvalue weighted by Crippen LogP contribution is 2.25. The summed E-state index contributed by atoms with van der Waals surface area (Å²) in [6, 6.07) is 3.10. The molecule has 0 bridgehead atoms. The monoisotopic (exact) mass is 310 g/mol. The standard InChI is InChI=1S/C13H15ClN4O3/c1-3-21-12(19)7-4-9-8(2)17-18(13(9)20)11-6-5-10(14)15-16-11/h5-6,9H,3-4,7H2,1-2H3. The molecule has 0 N–H and O–H groups in total. The number of amides is 1. The first-order chi connectivity index (χ1) is 10.0. The number of hydrogen-bond acceptors (Lipinski definition) is 6. The number of hydrogen-bond donors (Lipinski definition) is 0. The molecule has 8 heteroatoms. The fourth-order valence-corrected chi connectivity index (χ4v) is 2.12. The van der Waals surface area contributed by atoms with E-state index in [1.54, 1.807) is 19.9 Å². The minimum Gasteiger partial charge on any atom is -0.466 e. The molecule has 0 aromatic carbocycles. The molecule has 1 aliphatic rings. The summed E-state index contributed by atoms with van der Waals surface area (Å²) in [6.07, 6.45) is 0.543. The number of anilines is 1. The SMILES string of the molecule is CCOC(=O)CCC1C(=O)N(c2ccc(Cl)nn2)N=C1C. The lowest BCUT2D eigenvalue weighted by molar-refractivity contribution is -0.143. The predicted octanol–water partition coefficient (Wildman–Crippen LogP) is 1.81. The maximum absolute atomic E-state index is 12.3. The number of carbonyl (C=O) groups excluding carboxylic acids is 2. The third-order valence-electron chi connectivity index (χ3n) is 3.05. The Bertz CT molecular complexity index is 573. The summed E-state index contributed by atoms with van der Waals surface area (Å²) in [4.78, 5) is 23.7. The van der Waals surface area contributed by atoms with Crippen molar-refractivity contribution in [2.24, 2.45) is 11.0 Å². The number of hydrazone groups is 1. The lowest BCUT2D eigenvalue weighted by Gasteiger charge is -2.12. The Hall–Kier alpha value is -2.02. The molecule has 0 radical (unpaired) electrons. The van der Waals surface area contributed by atoms with Gasteiger partial charge in [0.2, 0.25) is 0 Å². The smallest absolute Gasteiger partial charge is 0.305 e. The summed E-state index contributed by atoms with van der Waals surface area (Å²) in [5, 5.41) is 13.1. The Balaban J connectivity index is 2.04. The van der Waals surface area contributed by atoms with Gasteiger partial charge in [-0.3, -0.25) is 9.59 Å². The van der Waals surface area contributed by atoms with E-state index in [9.17, 15) is 9.59 Å². The molecule has 0 spiro atoms. The van der Waals surface area contributed by atoms with Gasteiger partial charge >= 0.3 is 5.97 Å². The lowest BCUT2D eigenvalue weighted by atomic mass is 9.98. The molecule has 1 atom stereocenters. The highest BCUT2D eigenvalue weighted by Gasteiger charge is 2.35. The molecule has 7 nitrogen and oxygen atoms in total. The molecule has 1 aromatic heterocycles. The highest BCUT2D eigenvalue weighted by atomic mass is 35.5. The van der Waals surface area contributed by atoms with Crippen molar-refractivity contribution in [2.45, 2.75) is 26.7 Å². The summed E-state index contributed by atoms with van der Waals surface area (Å²) in [6.45, 7) is 3.82. The van der Waals surface area contributed by atoms with Gasteiger partial charge in [-0.2, -0.15) is 10.1 Å². The Morgan fingerprint density at radius 1 is 1.43 bits per heavy atom. The average Bonchev–Trinajstić information content (AvgIpc) is 2.73. The van der Waals surface area contributed by atoms with Gasteiger partial charge in [0.15, 0.2) is 11.0 Å². The Morgan fingerprint density at radius 3 is 2.81 bits per heavy atom. The summed E-state index contributed by atoms with van der Waals surface area (Å²) in [5.74, 6) is -0.675. The second-order valence-corrected chi connectivity index (χ2v) is 4.89. The van der Waals surface area contributed by atoms with E-state index in [2.05, 4.69) is 15.3 Å². The van der Waals surface area contributed by atoms with Gasteiger partial charge in [0, 0.05) is 12.1 Å². The quantitative estimate of drug-likeness (QED) is 0.774. The van der Waals surface area contributed by atoms with E-state index in [0.717, 1.165) is 0 Å². The fraction of sp³-hybridized carbons (Fsp3) is 0.462. The van der Waals surface area contributed by atoms with Gasteiger partial charge in [-0.05, 0) is 32.4 Å². The topological polar surface area (TPSA) is 84.8 Å². The van der Waals surface area contributed by atoms with Crippen LogP contribution in [0.3, 0.4) is 0 Å². The molecule has 0 aliphatic carbocycles. The second-order valence-electron chi connectivity index (χ2n) is 4.50. The molecule has 1 aliphatic heterocycles. The van der Waals surface area contributed by atoms with Gasteiger partial charge in [0.25, 0.3) is 5.91 Å². The highest BCUT2D eigenvalue weighted by molar-refractivity contribution is 6.29. The van der Waals surface area contributed by atoms with Crippen molar-refractivity contribution in [3.8, 4) is 0 Å². The number of esters is 1. The molecule has 0 saturated carbocycles. The Kier molecular flexibility index (Phi) is 4.85. The first-order valence-corrected chi connectivity index (χ1v) is 6.94. The predicted molar refractivity (Wildman–Crippen MR) is 77.0 cm³/mol. The van der Waals surface area contributed by atoms with Gasteiger partial charge in [0.05, 0.1) is 12.5 Å². The van der Waals surface area contributed by atoms with Crippen molar-refractivity contribution >= 4 is 35.0 Å². The van der Waals surface area contributed by atoms with Crippen LogP contribution in [0, 0.1) is 5.92 Å². The number of nitrogens with zero attached hydrogens (tertiary/aromatic N) is 4. The van der Waals surface area contributed by atoms with Gasteiger partial charge in [-0.1, -0.05) is 11.6 Å². The molecule has 0 saturated heterocycles. The third-order valence-corrected chi connectivity index (χ3v) is 3.25. The first kappa shape index (κ1) is 15.4. The van der Waals surface area contributed by atoms with Crippen LogP contribution in [0.2, 0.25) is 5.15 Å². The largest absolute Gasteiger partial charge is 0.466 e. The maximum Gasteiger partial charge on any atom is 0.305 e. The average molecular weight is 311 g/mol. The van der Waals surface area contributed by atoms with E-state index in [1.165, 1.54) is 11.1 Å². The number of ether oxygens (including phenoxy) is 1. The van der Waals surface area contributed by atoms with E-state index in [0.29, 0.717) is 24.6 Å². The van der Waals surface area contributed by atoms with Crippen LogP contribution in [0.15, 0.2) is 17.2 Å². The van der Waals surface area contributed by atoms with Crippen LogP contribution >= 0.6 is 11.6 Å². The fourth-order valence-electron chi connectivity index (χ4n) is 2.02. The van der Waals surface area contributed by atoms with Gasteiger partial charge in [0.1, 0.15) is 0 Å².